The van der Waals surface area contributed by atoms with Gasteiger partial charge < -0.3 is 0 Å². The van der Waals surface area contributed by atoms with E-state index in [0.717, 1.165) is 6.07 Å². The number of hydrogen-bond donors (Lipinski definition) is 0. The fourth-order valence-electron chi connectivity index (χ4n) is 1.28. The quantitative estimate of drug-likeness (QED) is 0.743. The molecule has 1 rings (SSSR count). The number of carbonyl (C=O) groups is 1. The van der Waals surface area contributed by atoms with Crippen LogP contribution in [-0.2, 0) is 6.18 Å². The average molecular weight is 295 g/mol. The van der Waals surface area contributed by atoms with Gasteiger partial charge in [-0.1, -0.05) is 29.8 Å². The lowest BCUT2D eigenvalue weighted by Crippen LogP contribution is -2.16. The van der Waals surface area contributed by atoms with E-state index >= 15 is 0 Å². The van der Waals surface area contributed by atoms with Crippen LogP contribution in [0.5, 0.6) is 0 Å². The first-order chi connectivity index (χ1) is 7.23. The molecule has 0 aliphatic rings. The number of halogens is 4. The number of Topliss-reactive ketones (excluding diaryl/α,β-unsaturated/α-hetero) is 1. The molecule has 88 valence electrons. The van der Waals surface area contributed by atoms with Crippen molar-refractivity contribution in [2.75, 3.05) is 0 Å². The van der Waals surface area contributed by atoms with Crippen LogP contribution < -0.4 is 0 Å². The van der Waals surface area contributed by atoms with E-state index in [1.165, 1.54) is 12.1 Å². The van der Waals surface area contributed by atoms with Crippen LogP contribution in [0.4, 0.5) is 13.2 Å². The summed E-state index contributed by atoms with van der Waals surface area (Å²) >= 11 is 2.96. The monoisotopic (exact) mass is 294 g/mol. The van der Waals surface area contributed by atoms with Crippen LogP contribution in [0, 0.1) is 5.92 Å². The summed E-state index contributed by atoms with van der Waals surface area (Å²) in [6.07, 6.45) is -4.51. The van der Waals surface area contributed by atoms with Gasteiger partial charge in [0.05, 0.1) is 5.56 Å². The molecule has 0 N–H and O–H groups in total. The topological polar surface area (TPSA) is 17.1 Å². The predicted molar refractivity (Wildman–Crippen MR) is 58.3 cm³/mol. The largest absolute Gasteiger partial charge is 0.417 e. The van der Waals surface area contributed by atoms with Gasteiger partial charge in [-0.2, -0.15) is 13.2 Å². The maximum absolute atomic E-state index is 12.7. The number of carbonyl (C=O) groups excluding carboxylic acids is 1. The van der Waals surface area contributed by atoms with Gasteiger partial charge in [0.1, 0.15) is 0 Å². The van der Waals surface area contributed by atoms with Crippen LogP contribution in [0.3, 0.4) is 0 Å². The average Bonchev–Trinajstić information content (AvgIpc) is 2.15. The van der Waals surface area contributed by atoms with E-state index in [0.29, 0.717) is 4.47 Å². The third-order valence-corrected chi connectivity index (χ3v) is 2.57. The highest BCUT2D eigenvalue weighted by atomic mass is 79.9. The van der Waals surface area contributed by atoms with E-state index in [1.54, 1.807) is 13.8 Å². The molecular formula is C11H10BrF3O. The van der Waals surface area contributed by atoms with Crippen molar-refractivity contribution in [3.05, 3.63) is 33.8 Å². The van der Waals surface area contributed by atoms with Crippen molar-refractivity contribution in [3.8, 4) is 0 Å². The summed E-state index contributed by atoms with van der Waals surface area (Å²) in [5.41, 5.74) is -1.16. The fourth-order valence-corrected chi connectivity index (χ4v) is 1.64. The highest BCUT2D eigenvalue weighted by molar-refractivity contribution is 9.10. The standard InChI is InChI=1S/C11H10BrF3O/c1-6(2)10(16)8-4-3-7(12)5-9(8)11(13,14)15/h3-6H,1-2H3. The first-order valence-corrected chi connectivity index (χ1v) is 5.43. The molecule has 1 aromatic rings. The highest BCUT2D eigenvalue weighted by Crippen LogP contribution is 2.34. The number of rotatable bonds is 2. The summed E-state index contributed by atoms with van der Waals surface area (Å²) < 4.78 is 38.3. The van der Waals surface area contributed by atoms with E-state index in [9.17, 15) is 18.0 Å². The number of alkyl halides is 3. The van der Waals surface area contributed by atoms with Crippen molar-refractivity contribution in [1.29, 1.82) is 0 Å². The molecule has 0 bridgehead atoms. The molecule has 0 aromatic heterocycles. The minimum Gasteiger partial charge on any atom is -0.294 e. The van der Waals surface area contributed by atoms with Crippen LogP contribution >= 0.6 is 15.9 Å². The Labute approximate surface area is 99.8 Å². The molecule has 0 spiro atoms. The molecular weight excluding hydrogens is 285 g/mol. The first kappa shape index (κ1) is 13.2. The summed E-state index contributed by atoms with van der Waals surface area (Å²) in [6, 6.07) is 3.57. The summed E-state index contributed by atoms with van der Waals surface area (Å²) in [5, 5.41) is 0. The summed E-state index contributed by atoms with van der Waals surface area (Å²) in [6.45, 7) is 3.15. The summed E-state index contributed by atoms with van der Waals surface area (Å²) in [5.74, 6) is -0.956. The van der Waals surface area contributed by atoms with E-state index in [1.807, 2.05) is 0 Å². The maximum atomic E-state index is 12.7. The van der Waals surface area contributed by atoms with Crippen molar-refractivity contribution in [2.24, 2.45) is 5.92 Å². The molecule has 0 atom stereocenters. The number of benzene rings is 1. The maximum Gasteiger partial charge on any atom is 0.417 e. The molecule has 0 aliphatic heterocycles. The van der Waals surface area contributed by atoms with Crippen molar-refractivity contribution >= 4 is 21.7 Å². The Hall–Kier alpha value is -0.840. The molecule has 0 aliphatic carbocycles. The minimum absolute atomic E-state index is 0.272. The summed E-state index contributed by atoms with van der Waals surface area (Å²) in [4.78, 5) is 11.6. The van der Waals surface area contributed by atoms with Crippen LogP contribution in [0.15, 0.2) is 22.7 Å². The second-order valence-corrected chi connectivity index (χ2v) is 4.62. The molecule has 0 heterocycles. The van der Waals surface area contributed by atoms with E-state index in [2.05, 4.69) is 15.9 Å². The van der Waals surface area contributed by atoms with Crippen LogP contribution in [0.2, 0.25) is 0 Å². The van der Waals surface area contributed by atoms with E-state index in [-0.39, 0.29) is 5.56 Å². The van der Waals surface area contributed by atoms with E-state index < -0.39 is 23.4 Å². The van der Waals surface area contributed by atoms with Crippen molar-refractivity contribution in [3.63, 3.8) is 0 Å². The Kier molecular flexibility index (Phi) is 3.78. The van der Waals surface area contributed by atoms with Gasteiger partial charge in [-0.3, -0.25) is 4.79 Å². The lowest BCUT2D eigenvalue weighted by Gasteiger charge is -2.13. The SMILES string of the molecule is CC(C)C(=O)c1ccc(Br)cc1C(F)(F)F. The highest BCUT2D eigenvalue weighted by Gasteiger charge is 2.35. The third kappa shape index (κ3) is 2.84. The number of ketones is 1. The van der Waals surface area contributed by atoms with Gasteiger partial charge in [-0.05, 0) is 18.2 Å². The molecule has 0 amide bonds. The van der Waals surface area contributed by atoms with Gasteiger partial charge in [-0.25, -0.2) is 0 Å². The van der Waals surface area contributed by atoms with Gasteiger partial charge in [0.25, 0.3) is 0 Å². The lowest BCUT2D eigenvalue weighted by molar-refractivity contribution is -0.138. The normalized spacial score (nSPS) is 11.9. The van der Waals surface area contributed by atoms with Crippen LogP contribution in [0.1, 0.15) is 29.8 Å². The van der Waals surface area contributed by atoms with Crippen LogP contribution in [0.25, 0.3) is 0 Å². The number of hydrogen-bond acceptors (Lipinski definition) is 1. The van der Waals surface area contributed by atoms with E-state index in [4.69, 9.17) is 0 Å². The Balaban J connectivity index is 3.34. The Morgan fingerprint density at radius 2 is 1.88 bits per heavy atom. The molecule has 1 aromatic carbocycles. The lowest BCUT2D eigenvalue weighted by atomic mass is 9.96. The first-order valence-electron chi connectivity index (χ1n) is 4.64. The van der Waals surface area contributed by atoms with Gasteiger partial charge in [0, 0.05) is 16.0 Å². The molecule has 0 fully saturated rings. The Morgan fingerprint density at radius 1 is 1.31 bits per heavy atom. The van der Waals surface area contributed by atoms with Gasteiger partial charge in [0.15, 0.2) is 5.78 Å². The second-order valence-electron chi connectivity index (χ2n) is 3.71. The summed E-state index contributed by atoms with van der Waals surface area (Å²) in [7, 11) is 0. The zero-order valence-electron chi connectivity index (χ0n) is 8.73. The molecule has 0 saturated carbocycles. The fraction of sp³-hybridized carbons (Fsp3) is 0.364. The zero-order valence-corrected chi connectivity index (χ0v) is 10.3. The van der Waals surface area contributed by atoms with Crippen molar-refractivity contribution in [2.45, 2.75) is 20.0 Å². The molecule has 5 heteroatoms. The van der Waals surface area contributed by atoms with Gasteiger partial charge >= 0.3 is 6.18 Å². The molecule has 0 unspecified atom stereocenters. The Morgan fingerprint density at radius 3 is 2.31 bits per heavy atom. The molecule has 0 radical (unpaired) electrons. The third-order valence-electron chi connectivity index (χ3n) is 2.08. The molecule has 0 saturated heterocycles. The smallest absolute Gasteiger partial charge is 0.294 e. The Bertz CT molecular complexity index is 410. The minimum atomic E-state index is -4.51. The van der Waals surface area contributed by atoms with Gasteiger partial charge in [-0.15, -0.1) is 0 Å². The predicted octanol–water partition coefficient (Wildman–Crippen LogP) is 4.31. The molecule has 16 heavy (non-hydrogen) atoms. The van der Waals surface area contributed by atoms with Crippen LogP contribution in [-0.4, -0.2) is 5.78 Å². The van der Waals surface area contributed by atoms with Crippen molar-refractivity contribution < 1.29 is 18.0 Å². The van der Waals surface area contributed by atoms with Gasteiger partial charge in [0.2, 0.25) is 0 Å². The van der Waals surface area contributed by atoms with Crippen molar-refractivity contribution in [1.82, 2.24) is 0 Å². The second kappa shape index (κ2) is 4.57. The zero-order chi connectivity index (χ0) is 12.5. The molecule has 1 nitrogen and oxygen atoms in total.